The summed E-state index contributed by atoms with van der Waals surface area (Å²) in [6.45, 7) is 1.11. The minimum Gasteiger partial charge on any atom is -0.495 e. The fourth-order valence-electron chi connectivity index (χ4n) is 4.23. The van der Waals surface area contributed by atoms with Gasteiger partial charge in [-0.2, -0.15) is 0 Å². The lowest BCUT2D eigenvalue weighted by Crippen LogP contribution is -2.52. The number of sulfonamides is 1. The van der Waals surface area contributed by atoms with Crippen LogP contribution in [0.15, 0.2) is 36.4 Å². The fraction of sp³-hybridized carbons (Fsp3) is 0.440. The van der Waals surface area contributed by atoms with Gasteiger partial charge in [0.25, 0.3) is 0 Å². The van der Waals surface area contributed by atoms with Crippen LogP contribution in [0, 0.1) is 0 Å². The van der Waals surface area contributed by atoms with Gasteiger partial charge in [-0.3, -0.25) is 13.9 Å². The predicted molar refractivity (Wildman–Crippen MR) is 147 cm³/mol. The van der Waals surface area contributed by atoms with Gasteiger partial charge in [0.15, 0.2) is 0 Å². The largest absolute Gasteiger partial charge is 0.495 e. The van der Waals surface area contributed by atoms with Gasteiger partial charge in [0.05, 0.1) is 34.1 Å². The molecule has 3 rings (SSSR count). The first-order valence-corrected chi connectivity index (χ1v) is 14.7. The normalized spacial score (nSPS) is 14.8. The van der Waals surface area contributed by atoms with E-state index in [2.05, 4.69) is 5.32 Å². The zero-order valence-corrected chi connectivity index (χ0v) is 23.9. The summed E-state index contributed by atoms with van der Waals surface area (Å²) in [5, 5.41) is 3.87. The third-order valence-electron chi connectivity index (χ3n) is 6.31. The molecule has 2 aromatic carbocycles. The quantitative estimate of drug-likeness (QED) is 0.425. The molecular weight excluding hydrogens is 561 g/mol. The highest BCUT2D eigenvalue weighted by atomic mass is 35.5. The number of carbonyl (C=O) groups is 2. The monoisotopic (exact) mass is 589 g/mol. The number of hydrogen-bond donors (Lipinski definition) is 1. The van der Waals surface area contributed by atoms with E-state index < -0.39 is 28.5 Å². The Morgan fingerprint density at radius 1 is 1.05 bits per heavy atom. The van der Waals surface area contributed by atoms with Gasteiger partial charge in [-0.1, -0.05) is 53.7 Å². The third-order valence-corrected chi connectivity index (χ3v) is 8.48. The highest BCUT2D eigenvalue weighted by Gasteiger charge is 2.31. The second kappa shape index (κ2) is 12.6. The second-order valence-corrected chi connectivity index (χ2v) is 12.2. The van der Waals surface area contributed by atoms with E-state index in [4.69, 9.17) is 39.5 Å². The Kier molecular flexibility index (Phi) is 9.97. The number of nitrogens with zero attached hydrogens (tertiary/aromatic N) is 2. The van der Waals surface area contributed by atoms with E-state index >= 15 is 0 Å². The van der Waals surface area contributed by atoms with Crippen LogP contribution in [0.25, 0.3) is 0 Å². The number of amides is 2. The van der Waals surface area contributed by atoms with Crippen LogP contribution in [0.5, 0.6) is 5.75 Å². The summed E-state index contributed by atoms with van der Waals surface area (Å²) in [5.41, 5.74) is 0.834. The maximum absolute atomic E-state index is 13.6. The van der Waals surface area contributed by atoms with Crippen LogP contribution in [0.4, 0.5) is 5.69 Å². The Labute approximate surface area is 232 Å². The summed E-state index contributed by atoms with van der Waals surface area (Å²) in [5.74, 6) is -0.514. The van der Waals surface area contributed by atoms with Crippen LogP contribution in [0.3, 0.4) is 0 Å². The van der Waals surface area contributed by atoms with E-state index in [1.807, 2.05) is 0 Å². The lowest BCUT2D eigenvalue weighted by molar-refractivity contribution is -0.139. The molecule has 0 aliphatic heterocycles. The van der Waals surface area contributed by atoms with E-state index in [9.17, 15) is 18.0 Å². The smallest absolute Gasteiger partial charge is 0.244 e. The summed E-state index contributed by atoms with van der Waals surface area (Å²) >= 11 is 18.4. The second-order valence-electron chi connectivity index (χ2n) is 9.02. The minimum absolute atomic E-state index is 0.0238. The summed E-state index contributed by atoms with van der Waals surface area (Å²) in [7, 11) is -2.44. The molecule has 0 spiro atoms. The van der Waals surface area contributed by atoms with E-state index in [1.54, 1.807) is 25.1 Å². The lowest BCUT2D eigenvalue weighted by atomic mass is 10.1. The molecule has 1 aliphatic rings. The van der Waals surface area contributed by atoms with Crippen molar-refractivity contribution in [2.75, 3.05) is 24.2 Å². The van der Waals surface area contributed by atoms with Gasteiger partial charge < -0.3 is 15.0 Å². The van der Waals surface area contributed by atoms with E-state index in [0.29, 0.717) is 21.4 Å². The minimum atomic E-state index is -3.89. The molecule has 0 heterocycles. The molecular formula is C25H30Cl3N3O5S. The number of methoxy groups -OCH3 is 1. The molecule has 1 aliphatic carbocycles. The Bertz CT molecular complexity index is 1250. The number of halogens is 3. The van der Waals surface area contributed by atoms with Crippen molar-refractivity contribution < 1.29 is 22.7 Å². The van der Waals surface area contributed by atoms with Gasteiger partial charge in [0.2, 0.25) is 21.8 Å². The Hall–Kier alpha value is -2.20. The molecule has 1 N–H and O–H groups in total. The molecule has 0 saturated heterocycles. The van der Waals surface area contributed by atoms with Crippen molar-refractivity contribution in [1.29, 1.82) is 0 Å². The molecule has 0 radical (unpaired) electrons. The number of anilines is 1. The van der Waals surface area contributed by atoms with Crippen molar-refractivity contribution in [2.24, 2.45) is 0 Å². The van der Waals surface area contributed by atoms with Gasteiger partial charge in [0.1, 0.15) is 18.3 Å². The number of carbonyl (C=O) groups excluding carboxylic acids is 2. The Balaban J connectivity index is 1.91. The standard InChI is InChI=1S/C25H30Cl3N3O5S/c1-16(25(33)29-18-6-4-5-7-18)30(14-17-8-10-20(26)21(27)12-17)24(32)15-31(37(3,34)35)19-9-11-23(36-2)22(28)13-19/h8-13,16,18H,4-7,14-15H2,1-3H3,(H,29,33)/t16-/m1/s1. The van der Waals surface area contributed by atoms with Gasteiger partial charge >= 0.3 is 0 Å². The highest BCUT2D eigenvalue weighted by Crippen LogP contribution is 2.30. The zero-order valence-electron chi connectivity index (χ0n) is 20.8. The highest BCUT2D eigenvalue weighted by molar-refractivity contribution is 7.92. The first-order valence-electron chi connectivity index (χ1n) is 11.8. The third kappa shape index (κ3) is 7.66. The van der Waals surface area contributed by atoms with Gasteiger partial charge in [-0.05, 0) is 55.7 Å². The lowest BCUT2D eigenvalue weighted by Gasteiger charge is -2.32. The predicted octanol–water partition coefficient (Wildman–Crippen LogP) is 4.90. The van der Waals surface area contributed by atoms with Crippen LogP contribution in [0.1, 0.15) is 38.2 Å². The van der Waals surface area contributed by atoms with Crippen LogP contribution in [-0.4, -0.2) is 57.1 Å². The number of rotatable bonds is 10. The Morgan fingerprint density at radius 3 is 2.30 bits per heavy atom. The number of benzene rings is 2. The summed E-state index contributed by atoms with van der Waals surface area (Å²) < 4.78 is 31.5. The van der Waals surface area contributed by atoms with Crippen LogP contribution in [-0.2, 0) is 26.2 Å². The van der Waals surface area contributed by atoms with Gasteiger partial charge in [-0.25, -0.2) is 8.42 Å². The van der Waals surface area contributed by atoms with Crippen LogP contribution < -0.4 is 14.4 Å². The molecule has 0 unspecified atom stereocenters. The number of ether oxygens (including phenoxy) is 1. The summed E-state index contributed by atoms with van der Waals surface area (Å²) in [6.07, 6.45) is 4.86. The molecule has 1 saturated carbocycles. The molecule has 37 heavy (non-hydrogen) atoms. The average Bonchev–Trinajstić information content (AvgIpc) is 3.34. The molecule has 2 aromatic rings. The maximum Gasteiger partial charge on any atom is 0.244 e. The van der Waals surface area contributed by atoms with Crippen LogP contribution in [0.2, 0.25) is 15.1 Å². The van der Waals surface area contributed by atoms with E-state index in [0.717, 1.165) is 36.2 Å². The Morgan fingerprint density at radius 2 is 1.73 bits per heavy atom. The number of nitrogens with one attached hydrogen (secondary N) is 1. The first-order chi connectivity index (χ1) is 17.4. The summed E-state index contributed by atoms with van der Waals surface area (Å²) in [6, 6.07) is 8.54. The molecule has 0 aromatic heterocycles. The molecule has 12 heteroatoms. The SMILES string of the molecule is COc1ccc(N(CC(=O)N(Cc2ccc(Cl)c(Cl)c2)[C@H](C)C(=O)NC2CCCC2)S(C)(=O)=O)cc1Cl. The van der Waals surface area contributed by atoms with E-state index in [-0.39, 0.29) is 29.2 Å². The first kappa shape index (κ1) is 29.4. The summed E-state index contributed by atoms with van der Waals surface area (Å²) in [4.78, 5) is 28.1. The molecule has 1 fully saturated rings. The zero-order chi connectivity index (χ0) is 27.3. The van der Waals surface area contributed by atoms with Crippen molar-refractivity contribution in [3.05, 3.63) is 57.0 Å². The van der Waals surface area contributed by atoms with Crippen molar-refractivity contribution in [3.63, 3.8) is 0 Å². The van der Waals surface area contributed by atoms with Gasteiger partial charge in [0, 0.05) is 12.6 Å². The van der Waals surface area contributed by atoms with Crippen molar-refractivity contribution in [2.45, 2.75) is 51.2 Å². The average molecular weight is 591 g/mol. The van der Waals surface area contributed by atoms with Gasteiger partial charge in [-0.15, -0.1) is 0 Å². The van der Waals surface area contributed by atoms with E-state index in [1.165, 1.54) is 30.2 Å². The molecule has 2 amide bonds. The topological polar surface area (TPSA) is 96.0 Å². The van der Waals surface area contributed by atoms with Crippen molar-refractivity contribution in [3.8, 4) is 5.75 Å². The van der Waals surface area contributed by atoms with Crippen molar-refractivity contribution >= 4 is 62.3 Å². The van der Waals surface area contributed by atoms with Crippen molar-refractivity contribution in [1.82, 2.24) is 10.2 Å². The maximum atomic E-state index is 13.6. The molecule has 1 atom stereocenters. The molecule has 202 valence electrons. The molecule has 8 nitrogen and oxygen atoms in total. The molecule has 0 bridgehead atoms. The number of hydrogen-bond acceptors (Lipinski definition) is 5. The fourth-order valence-corrected chi connectivity index (χ4v) is 5.65. The van der Waals surface area contributed by atoms with Crippen LogP contribution >= 0.6 is 34.8 Å².